The topological polar surface area (TPSA) is 76.5 Å². The van der Waals surface area contributed by atoms with Crippen molar-refractivity contribution in [2.75, 3.05) is 0 Å². The van der Waals surface area contributed by atoms with Crippen LogP contribution in [0.15, 0.2) is 76.0 Å². The first-order valence-electron chi connectivity index (χ1n) is 10.8. The fourth-order valence-electron chi connectivity index (χ4n) is 3.84. The van der Waals surface area contributed by atoms with E-state index in [-0.39, 0.29) is 10.8 Å². The summed E-state index contributed by atoms with van der Waals surface area (Å²) in [5, 5.41) is 12.3. The van der Waals surface area contributed by atoms with Crippen molar-refractivity contribution in [3.63, 3.8) is 0 Å². The van der Waals surface area contributed by atoms with Crippen LogP contribution in [0, 0.1) is 0 Å². The van der Waals surface area contributed by atoms with Crippen LogP contribution in [-0.2, 0) is 13.0 Å². The molecule has 1 unspecified atom stereocenters. The SMILES string of the molecule is CCn1c(Cc2ccccc2)nnc1SC(C)c1nc2scc(-c3ccccc3)c2c(=O)[nH]1. The highest BCUT2D eigenvalue weighted by Gasteiger charge is 2.20. The summed E-state index contributed by atoms with van der Waals surface area (Å²) in [6, 6.07) is 20.2. The predicted octanol–water partition coefficient (Wildman–Crippen LogP) is 5.71. The third-order valence-corrected chi connectivity index (χ3v) is 7.49. The summed E-state index contributed by atoms with van der Waals surface area (Å²) in [5.74, 6) is 1.58. The average Bonchev–Trinajstić information content (AvgIpc) is 3.44. The van der Waals surface area contributed by atoms with E-state index in [1.165, 1.54) is 16.9 Å². The summed E-state index contributed by atoms with van der Waals surface area (Å²) in [6.07, 6.45) is 0.731. The molecule has 0 radical (unpaired) electrons. The van der Waals surface area contributed by atoms with Crippen molar-refractivity contribution in [2.45, 2.75) is 37.2 Å². The molecule has 0 fully saturated rings. The van der Waals surface area contributed by atoms with Crippen LogP contribution in [0.4, 0.5) is 0 Å². The van der Waals surface area contributed by atoms with Crippen molar-refractivity contribution < 1.29 is 0 Å². The molecule has 0 bridgehead atoms. The van der Waals surface area contributed by atoms with Crippen LogP contribution in [0.1, 0.15) is 36.3 Å². The minimum Gasteiger partial charge on any atom is -0.309 e. The van der Waals surface area contributed by atoms with E-state index in [0.717, 1.165) is 39.9 Å². The number of hydrogen-bond acceptors (Lipinski definition) is 6. The largest absolute Gasteiger partial charge is 0.309 e. The molecule has 0 amide bonds. The van der Waals surface area contributed by atoms with Crippen LogP contribution < -0.4 is 5.56 Å². The van der Waals surface area contributed by atoms with E-state index in [1.807, 2.05) is 60.8 Å². The van der Waals surface area contributed by atoms with Crippen molar-refractivity contribution in [3.05, 3.63) is 93.6 Å². The zero-order valence-electron chi connectivity index (χ0n) is 18.4. The molecule has 5 aromatic rings. The van der Waals surface area contributed by atoms with Crippen molar-refractivity contribution in [2.24, 2.45) is 0 Å². The highest BCUT2D eigenvalue weighted by atomic mass is 32.2. The first-order chi connectivity index (χ1) is 16.1. The number of fused-ring (bicyclic) bond motifs is 1. The van der Waals surface area contributed by atoms with E-state index in [9.17, 15) is 4.79 Å². The van der Waals surface area contributed by atoms with Crippen LogP contribution in [-0.4, -0.2) is 24.7 Å². The van der Waals surface area contributed by atoms with Gasteiger partial charge in [0.25, 0.3) is 5.56 Å². The lowest BCUT2D eigenvalue weighted by Crippen LogP contribution is -2.13. The molecule has 0 aliphatic carbocycles. The van der Waals surface area contributed by atoms with E-state index in [1.54, 1.807) is 11.8 Å². The van der Waals surface area contributed by atoms with Gasteiger partial charge in [-0.3, -0.25) is 4.79 Å². The number of hydrogen-bond donors (Lipinski definition) is 1. The third kappa shape index (κ3) is 4.36. The second kappa shape index (κ2) is 9.33. The van der Waals surface area contributed by atoms with Gasteiger partial charge in [-0.25, -0.2) is 4.98 Å². The van der Waals surface area contributed by atoms with Gasteiger partial charge in [-0.1, -0.05) is 72.4 Å². The number of thiophene rings is 1. The van der Waals surface area contributed by atoms with Crippen LogP contribution in [0.3, 0.4) is 0 Å². The lowest BCUT2D eigenvalue weighted by molar-refractivity contribution is 0.649. The van der Waals surface area contributed by atoms with Gasteiger partial charge in [0, 0.05) is 23.9 Å². The molecular formula is C25H23N5OS2. The van der Waals surface area contributed by atoms with Gasteiger partial charge in [0.2, 0.25) is 0 Å². The molecule has 0 saturated heterocycles. The van der Waals surface area contributed by atoms with Gasteiger partial charge < -0.3 is 9.55 Å². The molecule has 0 aliphatic rings. The van der Waals surface area contributed by atoms with E-state index >= 15 is 0 Å². The Morgan fingerprint density at radius 2 is 1.79 bits per heavy atom. The second-order valence-electron chi connectivity index (χ2n) is 7.71. The summed E-state index contributed by atoms with van der Waals surface area (Å²) in [6.45, 7) is 4.90. The normalized spacial score (nSPS) is 12.3. The van der Waals surface area contributed by atoms with Gasteiger partial charge in [0.1, 0.15) is 16.5 Å². The van der Waals surface area contributed by atoms with Crippen molar-refractivity contribution in [3.8, 4) is 11.1 Å². The van der Waals surface area contributed by atoms with Gasteiger partial charge in [-0.15, -0.1) is 21.5 Å². The Balaban J connectivity index is 1.42. The molecule has 0 aliphatic heterocycles. The molecule has 1 atom stereocenters. The zero-order chi connectivity index (χ0) is 22.8. The number of benzene rings is 2. The number of rotatable bonds is 7. The Morgan fingerprint density at radius 1 is 1.06 bits per heavy atom. The van der Waals surface area contributed by atoms with E-state index in [4.69, 9.17) is 4.98 Å². The van der Waals surface area contributed by atoms with Gasteiger partial charge in [-0.05, 0) is 25.0 Å². The number of aromatic nitrogens is 5. The number of aromatic amines is 1. The Bertz CT molecular complexity index is 1440. The summed E-state index contributed by atoms with van der Waals surface area (Å²) < 4.78 is 2.13. The van der Waals surface area contributed by atoms with Crippen LogP contribution in [0.5, 0.6) is 0 Å². The highest BCUT2D eigenvalue weighted by molar-refractivity contribution is 7.99. The van der Waals surface area contributed by atoms with Crippen LogP contribution in [0.25, 0.3) is 21.3 Å². The first-order valence-corrected chi connectivity index (χ1v) is 12.6. The van der Waals surface area contributed by atoms with Crippen LogP contribution >= 0.6 is 23.1 Å². The molecule has 5 rings (SSSR count). The number of thioether (sulfide) groups is 1. The van der Waals surface area contributed by atoms with Gasteiger partial charge >= 0.3 is 0 Å². The molecule has 1 N–H and O–H groups in total. The van der Waals surface area contributed by atoms with Gasteiger partial charge in [0.15, 0.2) is 5.16 Å². The molecule has 8 heteroatoms. The molecule has 166 valence electrons. The Hall–Kier alpha value is -3.23. The Morgan fingerprint density at radius 3 is 2.52 bits per heavy atom. The second-order valence-corrected chi connectivity index (χ2v) is 9.88. The lowest BCUT2D eigenvalue weighted by atomic mass is 10.1. The maximum atomic E-state index is 13.0. The zero-order valence-corrected chi connectivity index (χ0v) is 20.0. The van der Waals surface area contributed by atoms with E-state index in [0.29, 0.717) is 11.2 Å². The van der Waals surface area contributed by atoms with Crippen molar-refractivity contribution in [1.29, 1.82) is 0 Å². The molecule has 6 nitrogen and oxygen atoms in total. The quantitative estimate of drug-likeness (QED) is 0.307. The fourth-order valence-corrected chi connectivity index (χ4v) is 5.78. The molecule has 0 spiro atoms. The summed E-state index contributed by atoms with van der Waals surface area (Å²) in [5.41, 5.74) is 3.04. The monoisotopic (exact) mass is 473 g/mol. The molecule has 0 saturated carbocycles. The number of H-pyrrole nitrogens is 1. The minimum atomic E-state index is -0.107. The number of nitrogens with one attached hydrogen (secondary N) is 1. The molecular weight excluding hydrogens is 450 g/mol. The highest BCUT2D eigenvalue weighted by Crippen LogP contribution is 2.35. The summed E-state index contributed by atoms with van der Waals surface area (Å²) >= 11 is 3.06. The van der Waals surface area contributed by atoms with Crippen molar-refractivity contribution in [1.82, 2.24) is 24.7 Å². The molecule has 3 aromatic heterocycles. The average molecular weight is 474 g/mol. The van der Waals surface area contributed by atoms with E-state index in [2.05, 4.69) is 38.8 Å². The van der Waals surface area contributed by atoms with Crippen LogP contribution in [0.2, 0.25) is 0 Å². The minimum absolute atomic E-state index is 0.0801. The smallest absolute Gasteiger partial charge is 0.260 e. The molecule has 33 heavy (non-hydrogen) atoms. The number of nitrogens with zero attached hydrogens (tertiary/aromatic N) is 4. The van der Waals surface area contributed by atoms with E-state index < -0.39 is 0 Å². The molecule has 2 aromatic carbocycles. The summed E-state index contributed by atoms with van der Waals surface area (Å²) in [7, 11) is 0. The Labute approximate surface area is 199 Å². The Kier molecular flexibility index (Phi) is 6.11. The fraction of sp³-hybridized carbons (Fsp3) is 0.200. The maximum absolute atomic E-state index is 13.0. The summed E-state index contributed by atoms with van der Waals surface area (Å²) in [4.78, 5) is 21.6. The lowest BCUT2D eigenvalue weighted by Gasteiger charge is -2.12. The van der Waals surface area contributed by atoms with Crippen molar-refractivity contribution >= 4 is 33.3 Å². The standard InChI is InChI=1S/C25H23N5OS2/c1-3-30-20(14-17-10-6-4-7-11-17)28-29-25(30)33-16(2)22-26-23(31)21-19(15-32-24(21)27-22)18-12-8-5-9-13-18/h4-13,15-16H,3,14H2,1-2H3,(H,26,27,31). The van der Waals surface area contributed by atoms with Gasteiger partial charge in [0.05, 0.1) is 10.6 Å². The predicted molar refractivity (Wildman–Crippen MR) is 135 cm³/mol. The molecule has 3 heterocycles. The third-order valence-electron chi connectivity index (χ3n) is 5.53. The first kappa shape index (κ1) is 21.6. The van der Waals surface area contributed by atoms with Gasteiger partial charge in [-0.2, -0.15) is 0 Å². The maximum Gasteiger partial charge on any atom is 0.260 e.